The minimum atomic E-state index is -4.01. The lowest BCUT2D eigenvalue weighted by Gasteiger charge is -2.48. The maximum Gasteiger partial charge on any atom is 0.380 e. The molecule has 0 heterocycles. The van der Waals surface area contributed by atoms with Crippen LogP contribution in [0, 0.1) is 24.2 Å². The zero-order chi connectivity index (χ0) is 18.0. The Labute approximate surface area is 149 Å². The summed E-state index contributed by atoms with van der Waals surface area (Å²) >= 11 is 0. The highest BCUT2D eigenvalue weighted by molar-refractivity contribution is 7.84. The Bertz CT molecular complexity index is 847. The number of carbonyl (C=O) groups is 1. The molecule has 2 fully saturated rings. The van der Waals surface area contributed by atoms with Gasteiger partial charge in [0, 0.05) is 11.8 Å². The molecule has 3 aliphatic rings. The summed E-state index contributed by atoms with van der Waals surface area (Å²) in [6.45, 7) is 4.03. The highest BCUT2D eigenvalue weighted by Crippen LogP contribution is 2.59. The highest BCUT2D eigenvalue weighted by atomic mass is 32.2. The summed E-state index contributed by atoms with van der Waals surface area (Å²) in [6.07, 6.45) is 5.72. The van der Waals surface area contributed by atoms with E-state index in [0.29, 0.717) is 29.3 Å². The summed E-state index contributed by atoms with van der Waals surface area (Å²) in [7, 11) is -4.01. The van der Waals surface area contributed by atoms with Crippen LogP contribution >= 0.6 is 0 Å². The number of nitrogens with two attached hydrogens (primary N) is 1. The van der Waals surface area contributed by atoms with E-state index in [1.807, 2.05) is 13.0 Å². The number of carbonyl (C=O) groups excluding carboxylic acids is 1. The Morgan fingerprint density at radius 1 is 1.20 bits per heavy atom. The molecule has 0 aromatic heterocycles. The van der Waals surface area contributed by atoms with Crippen molar-refractivity contribution >= 4 is 16.1 Å². The van der Waals surface area contributed by atoms with Gasteiger partial charge < -0.3 is 4.18 Å². The number of fused-ring (bicyclic) bond motifs is 5. The van der Waals surface area contributed by atoms with Crippen LogP contribution in [0.4, 0.5) is 0 Å². The van der Waals surface area contributed by atoms with Crippen molar-refractivity contribution in [2.45, 2.75) is 58.3 Å². The van der Waals surface area contributed by atoms with E-state index >= 15 is 0 Å². The summed E-state index contributed by atoms with van der Waals surface area (Å²) in [6, 6.07) is 3.92. The van der Waals surface area contributed by atoms with E-state index in [1.165, 1.54) is 11.1 Å². The van der Waals surface area contributed by atoms with Gasteiger partial charge in [-0.05, 0) is 79.5 Å². The predicted octanol–water partition coefficient (Wildman–Crippen LogP) is 3.00. The number of ketones is 1. The third-order valence-electron chi connectivity index (χ3n) is 6.94. The Hall–Kier alpha value is -1.40. The van der Waals surface area contributed by atoms with Gasteiger partial charge in [0.1, 0.15) is 11.5 Å². The van der Waals surface area contributed by atoms with Crippen LogP contribution in [-0.2, 0) is 21.5 Å². The summed E-state index contributed by atoms with van der Waals surface area (Å²) in [5.41, 5.74) is 3.16. The normalized spacial score (nSPS) is 34.2. The molecule has 3 aliphatic carbocycles. The van der Waals surface area contributed by atoms with E-state index < -0.39 is 10.3 Å². The zero-order valence-corrected chi connectivity index (χ0v) is 15.6. The molecule has 2 N–H and O–H groups in total. The van der Waals surface area contributed by atoms with E-state index in [-0.39, 0.29) is 5.41 Å². The molecule has 1 aromatic rings. The second-order valence-electron chi connectivity index (χ2n) is 8.23. The smallest absolute Gasteiger partial charge is 0.371 e. The van der Waals surface area contributed by atoms with E-state index in [9.17, 15) is 13.2 Å². The molecule has 136 valence electrons. The second kappa shape index (κ2) is 5.55. The third-order valence-corrected chi connectivity index (χ3v) is 7.35. The van der Waals surface area contributed by atoms with Gasteiger partial charge in [-0.25, -0.2) is 0 Å². The van der Waals surface area contributed by atoms with Crippen molar-refractivity contribution in [1.82, 2.24) is 0 Å². The van der Waals surface area contributed by atoms with Crippen molar-refractivity contribution in [1.29, 1.82) is 0 Å². The number of hydrogen-bond acceptors (Lipinski definition) is 4. The standard InChI is InChI=1S/C19H25NO4S/c1-11-9-15-12(10-17(11)24-25(20,22)23)3-4-14-13(15)7-8-19(2)16(14)5-6-18(19)21/h9-10,13-14,16H,3-8H2,1-2H3,(H2,20,22,23)/t13?,14?,16?,19-/m0/s1. The predicted molar refractivity (Wildman–Crippen MR) is 94.5 cm³/mol. The van der Waals surface area contributed by atoms with Crippen molar-refractivity contribution in [3.63, 3.8) is 0 Å². The van der Waals surface area contributed by atoms with Crippen LogP contribution in [0.25, 0.3) is 0 Å². The maximum absolute atomic E-state index is 12.4. The molecule has 0 bridgehead atoms. The first kappa shape index (κ1) is 17.0. The van der Waals surface area contributed by atoms with Crippen LogP contribution in [0.15, 0.2) is 12.1 Å². The van der Waals surface area contributed by atoms with Crippen molar-refractivity contribution in [2.24, 2.45) is 22.4 Å². The summed E-state index contributed by atoms with van der Waals surface area (Å²) in [5, 5.41) is 5.02. The van der Waals surface area contributed by atoms with Gasteiger partial charge in [-0.3, -0.25) is 4.79 Å². The van der Waals surface area contributed by atoms with Gasteiger partial charge in [-0.2, -0.15) is 13.6 Å². The van der Waals surface area contributed by atoms with Crippen LogP contribution in [0.1, 0.15) is 61.6 Å². The van der Waals surface area contributed by atoms with E-state index in [4.69, 9.17) is 9.32 Å². The molecule has 0 saturated heterocycles. The molecular weight excluding hydrogens is 338 g/mol. The molecule has 3 unspecified atom stereocenters. The second-order valence-corrected chi connectivity index (χ2v) is 9.38. The summed E-state index contributed by atoms with van der Waals surface area (Å²) in [5.74, 6) is 2.30. The number of hydrogen-bond donors (Lipinski definition) is 1. The topological polar surface area (TPSA) is 86.5 Å². The molecule has 0 spiro atoms. The molecule has 0 aliphatic heterocycles. The molecule has 2 saturated carbocycles. The van der Waals surface area contributed by atoms with Gasteiger partial charge in [-0.15, -0.1) is 0 Å². The fourth-order valence-corrected chi connectivity index (χ4v) is 6.13. The first-order valence-corrected chi connectivity index (χ1v) is 10.5. The molecule has 5 nitrogen and oxygen atoms in total. The van der Waals surface area contributed by atoms with Crippen molar-refractivity contribution in [2.75, 3.05) is 0 Å². The van der Waals surface area contributed by atoms with Crippen LogP contribution in [-0.4, -0.2) is 14.2 Å². The lowest BCUT2D eigenvalue weighted by molar-refractivity contribution is -0.129. The average Bonchev–Trinajstić information content (AvgIpc) is 2.82. The number of benzene rings is 1. The Balaban J connectivity index is 1.69. The largest absolute Gasteiger partial charge is 0.380 e. The minimum absolute atomic E-state index is 0.121. The lowest BCUT2D eigenvalue weighted by atomic mass is 9.55. The third kappa shape index (κ3) is 2.70. The SMILES string of the molecule is Cc1cc2c(cc1OS(N)(=O)=O)CCC1C2CC[C@]2(C)C(=O)CCC12. The minimum Gasteiger partial charge on any atom is -0.371 e. The Kier molecular flexibility index (Phi) is 3.78. The molecule has 0 amide bonds. The lowest BCUT2D eigenvalue weighted by Crippen LogP contribution is -2.42. The first-order valence-electron chi connectivity index (χ1n) is 9.08. The Morgan fingerprint density at radius 2 is 1.96 bits per heavy atom. The van der Waals surface area contributed by atoms with Crippen molar-refractivity contribution in [3.05, 3.63) is 28.8 Å². The number of Topliss-reactive ketones (excluding diaryl/α,β-unsaturated/α-hetero) is 1. The monoisotopic (exact) mass is 363 g/mol. The number of rotatable bonds is 2. The first-order chi connectivity index (χ1) is 11.7. The van der Waals surface area contributed by atoms with Crippen molar-refractivity contribution < 1.29 is 17.4 Å². The molecule has 6 heteroatoms. The van der Waals surface area contributed by atoms with E-state index in [1.54, 1.807) is 0 Å². The summed E-state index contributed by atoms with van der Waals surface area (Å²) < 4.78 is 27.5. The van der Waals surface area contributed by atoms with Crippen LogP contribution in [0.2, 0.25) is 0 Å². The van der Waals surface area contributed by atoms with Gasteiger partial charge in [0.25, 0.3) is 0 Å². The zero-order valence-electron chi connectivity index (χ0n) is 14.7. The molecule has 1 aromatic carbocycles. The van der Waals surface area contributed by atoms with E-state index in [2.05, 4.69) is 13.0 Å². The van der Waals surface area contributed by atoms with Crippen LogP contribution in [0.3, 0.4) is 0 Å². The molecule has 4 atom stereocenters. The molecule has 4 rings (SSSR count). The van der Waals surface area contributed by atoms with Gasteiger partial charge in [0.05, 0.1) is 0 Å². The number of aryl methyl sites for hydroxylation is 2. The fourth-order valence-electron chi connectivity index (χ4n) is 5.70. The molecular formula is C19H25NO4S. The molecule has 0 radical (unpaired) electrons. The average molecular weight is 363 g/mol. The van der Waals surface area contributed by atoms with Gasteiger partial charge in [0.2, 0.25) is 0 Å². The maximum atomic E-state index is 12.4. The Morgan fingerprint density at radius 3 is 2.68 bits per heavy atom. The van der Waals surface area contributed by atoms with Gasteiger partial charge in [0.15, 0.2) is 0 Å². The van der Waals surface area contributed by atoms with Crippen molar-refractivity contribution in [3.8, 4) is 5.75 Å². The fraction of sp³-hybridized carbons (Fsp3) is 0.632. The quantitative estimate of drug-likeness (QED) is 0.875. The molecule has 25 heavy (non-hydrogen) atoms. The highest BCUT2D eigenvalue weighted by Gasteiger charge is 2.54. The van der Waals surface area contributed by atoms with Crippen LogP contribution < -0.4 is 9.32 Å². The van der Waals surface area contributed by atoms with Gasteiger partial charge in [-0.1, -0.05) is 13.0 Å². The van der Waals surface area contributed by atoms with Crippen LogP contribution in [0.5, 0.6) is 5.75 Å². The summed E-state index contributed by atoms with van der Waals surface area (Å²) in [4.78, 5) is 12.4. The van der Waals surface area contributed by atoms with E-state index in [0.717, 1.165) is 44.1 Å². The van der Waals surface area contributed by atoms with Gasteiger partial charge >= 0.3 is 10.3 Å².